The standard InChI is InChI=1S/C22H35N3O/c1-2-13-25-15-7-6-12-21(25)22(26)23-16-20-11-8-14-24(18-20)17-19-9-4-3-5-10-19/h3-5,9-10,20-21H,2,6-8,11-18H2,1H3,(H,23,26). The molecule has 0 saturated carbocycles. The molecule has 1 aromatic carbocycles. The second kappa shape index (κ2) is 10.1. The fourth-order valence-corrected chi connectivity index (χ4v) is 4.51. The van der Waals surface area contributed by atoms with Gasteiger partial charge in [-0.25, -0.2) is 0 Å². The fraction of sp³-hybridized carbons (Fsp3) is 0.682. The van der Waals surface area contributed by atoms with Gasteiger partial charge in [0.05, 0.1) is 6.04 Å². The molecule has 4 heteroatoms. The highest BCUT2D eigenvalue weighted by Gasteiger charge is 2.28. The van der Waals surface area contributed by atoms with E-state index >= 15 is 0 Å². The maximum absolute atomic E-state index is 12.7. The van der Waals surface area contributed by atoms with Gasteiger partial charge in [-0.15, -0.1) is 0 Å². The number of carbonyl (C=O) groups is 1. The Morgan fingerprint density at radius 2 is 1.96 bits per heavy atom. The average Bonchev–Trinajstić information content (AvgIpc) is 2.68. The maximum atomic E-state index is 12.7. The third kappa shape index (κ3) is 5.55. The second-order valence-corrected chi connectivity index (χ2v) is 8.02. The molecule has 0 aromatic heterocycles. The number of nitrogens with one attached hydrogen (secondary N) is 1. The van der Waals surface area contributed by atoms with Gasteiger partial charge >= 0.3 is 0 Å². The number of hydrogen-bond acceptors (Lipinski definition) is 3. The van der Waals surface area contributed by atoms with Crippen molar-refractivity contribution in [3.8, 4) is 0 Å². The first-order valence-electron chi connectivity index (χ1n) is 10.5. The van der Waals surface area contributed by atoms with E-state index in [0.717, 1.165) is 45.6 Å². The topological polar surface area (TPSA) is 35.6 Å². The van der Waals surface area contributed by atoms with Crippen LogP contribution in [0.1, 0.15) is 51.0 Å². The number of likely N-dealkylation sites (tertiary alicyclic amines) is 2. The molecule has 2 fully saturated rings. The van der Waals surface area contributed by atoms with E-state index in [0.29, 0.717) is 5.92 Å². The molecule has 2 heterocycles. The largest absolute Gasteiger partial charge is 0.354 e. The molecule has 4 nitrogen and oxygen atoms in total. The van der Waals surface area contributed by atoms with Crippen LogP contribution in [0.5, 0.6) is 0 Å². The SMILES string of the molecule is CCCN1CCCCC1C(=O)NCC1CCCN(Cc2ccccc2)C1. The van der Waals surface area contributed by atoms with Crippen molar-refractivity contribution in [3.63, 3.8) is 0 Å². The molecule has 1 N–H and O–H groups in total. The number of nitrogens with zero attached hydrogens (tertiary/aromatic N) is 2. The van der Waals surface area contributed by atoms with Gasteiger partial charge in [-0.05, 0) is 63.2 Å². The van der Waals surface area contributed by atoms with E-state index in [1.54, 1.807) is 0 Å². The molecule has 144 valence electrons. The Bertz CT molecular complexity index is 546. The van der Waals surface area contributed by atoms with Crippen LogP contribution >= 0.6 is 0 Å². The highest BCUT2D eigenvalue weighted by Crippen LogP contribution is 2.20. The number of piperidine rings is 2. The number of amides is 1. The van der Waals surface area contributed by atoms with Gasteiger partial charge in [0.1, 0.15) is 0 Å². The van der Waals surface area contributed by atoms with E-state index in [1.165, 1.54) is 37.8 Å². The third-order valence-electron chi connectivity index (χ3n) is 5.84. The molecule has 1 aromatic rings. The lowest BCUT2D eigenvalue weighted by Crippen LogP contribution is -2.51. The van der Waals surface area contributed by atoms with Crippen LogP contribution in [0.25, 0.3) is 0 Å². The quantitative estimate of drug-likeness (QED) is 0.813. The zero-order chi connectivity index (χ0) is 18.2. The Labute approximate surface area is 158 Å². The summed E-state index contributed by atoms with van der Waals surface area (Å²) in [6, 6.07) is 10.8. The number of rotatable bonds is 7. The summed E-state index contributed by atoms with van der Waals surface area (Å²) in [5.74, 6) is 0.845. The summed E-state index contributed by atoms with van der Waals surface area (Å²) >= 11 is 0. The first kappa shape index (κ1) is 19.4. The van der Waals surface area contributed by atoms with Crippen molar-refractivity contribution in [1.82, 2.24) is 15.1 Å². The van der Waals surface area contributed by atoms with Gasteiger partial charge in [0, 0.05) is 19.6 Å². The first-order chi connectivity index (χ1) is 12.8. The normalized spacial score (nSPS) is 25.1. The molecule has 2 saturated heterocycles. The predicted molar refractivity (Wildman–Crippen MR) is 107 cm³/mol. The summed E-state index contributed by atoms with van der Waals surface area (Å²) in [4.78, 5) is 17.7. The van der Waals surface area contributed by atoms with Crippen LogP contribution in [0, 0.1) is 5.92 Å². The Balaban J connectivity index is 1.45. The van der Waals surface area contributed by atoms with Crippen molar-refractivity contribution < 1.29 is 4.79 Å². The Kier molecular flexibility index (Phi) is 7.51. The first-order valence-corrected chi connectivity index (χ1v) is 10.5. The molecular formula is C22H35N3O. The van der Waals surface area contributed by atoms with Crippen molar-refractivity contribution in [2.45, 2.75) is 58.0 Å². The van der Waals surface area contributed by atoms with Gasteiger partial charge in [-0.2, -0.15) is 0 Å². The molecular weight excluding hydrogens is 322 g/mol. The molecule has 1 amide bonds. The van der Waals surface area contributed by atoms with E-state index in [1.807, 2.05) is 0 Å². The van der Waals surface area contributed by atoms with Gasteiger partial charge in [-0.1, -0.05) is 43.7 Å². The molecule has 0 aliphatic carbocycles. The predicted octanol–water partition coefficient (Wildman–Crippen LogP) is 3.28. The summed E-state index contributed by atoms with van der Waals surface area (Å²) in [6.45, 7) is 8.46. The van der Waals surface area contributed by atoms with E-state index < -0.39 is 0 Å². The molecule has 2 aliphatic rings. The Hall–Kier alpha value is -1.39. The zero-order valence-corrected chi connectivity index (χ0v) is 16.3. The van der Waals surface area contributed by atoms with Crippen molar-refractivity contribution in [3.05, 3.63) is 35.9 Å². The van der Waals surface area contributed by atoms with Crippen LogP contribution in [0.4, 0.5) is 0 Å². The minimum atomic E-state index is 0.104. The number of hydrogen-bond donors (Lipinski definition) is 1. The second-order valence-electron chi connectivity index (χ2n) is 8.02. The molecule has 0 radical (unpaired) electrons. The minimum Gasteiger partial charge on any atom is -0.354 e. The van der Waals surface area contributed by atoms with Crippen LogP contribution in [-0.4, -0.2) is 54.5 Å². The minimum absolute atomic E-state index is 0.104. The average molecular weight is 358 g/mol. The summed E-state index contributed by atoms with van der Waals surface area (Å²) in [5, 5.41) is 3.29. The van der Waals surface area contributed by atoms with Crippen molar-refractivity contribution in [2.24, 2.45) is 5.92 Å². The molecule has 3 rings (SSSR count). The molecule has 0 bridgehead atoms. The summed E-state index contributed by atoms with van der Waals surface area (Å²) < 4.78 is 0. The third-order valence-corrected chi connectivity index (χ3v) is 5.84. The monoisotopic (exact) mass is 357 g/mol. The molecule has 26 heavy (non-hydrogen) atoms. The summed E-state index contributed by atoms with van der Waals surface area (Å²) in [5.41, 5.74) is 1.38. The van der Waals surface area contributed by atoms with Crippen molar-refractivity contribution in [2.75, 3.05) is 32.7 Å². The highest BCUT2D eigenvalue weighted by molar-refractivity contribution is 5.81. The van der Waals surface area contributed by atoms with Crippen LogP contribution in [0.15, 0.2) is 30.3 Å². The maximum Gasteiger partial charge on any atom is 0.237 e. The van der Waals surface area contributed by atoms with Gasteiger partial charge in [0.15, 0.2) is 0 Å². The van der Waals surface area contributed by atoms with E-state index in [4.69, 9.17) is 0 Å². The molecule has 2 aliphatic heterocycles. The Morgan fingerprint density at radius 3 is 2.77 bits per heavy atom. The van der Waals surface area contributed by atoms with Crippen LogP contribution in [-0.2, 0) is 11.3 Å². The molecule has 0 spiro atoms. The van der Waals surface area contributed by atoms with Gasteiger partial charge < -0.3 is 5.32 Å². The highest BCUT2D eigenvalue weighted by atomic mass is 16.2. The lowest BCUT2D eigenvalue weighted by atomic mass is 9.96. The van der Waals surface area contributed by atoms with Crippen LogP contribution < -0.4 is 5.32 Å². The van der Waals surface area contributed by atoms with Gasteiger partial charge in [0.2, 0.25) is 5.91 Å². The van der Waals surface area contributed by atoms with Crippen molar-refractivity contribution in [1.29, 1.82) is 0 Å². The van der Waals surface area contributed by atoms with Crippen LogP contribution in [0.3, 0.4) is 0 Å². The van der Waals surface area contributed by atoms with Crippen molar-refractivity contribution >= 4 is 5.91 Å². The smallest absolute Gasteiger partial charge is 0.237 e. The Morgan fingerprint density at radius 1 is 1.12 bits per heavy atom. The summed E-state index contributed by atoms with van der Waals surface area (Å²) in [7, 11) is 0. The van der Waals surface area contributed by atoms with E-state index in [2.05, 4.69) is 52.4 Å². The fourth-order valence-electron chi connectivity index (χ4n) is 4.51. The number of carbonyl (C=O) groups excluding carboxylic acids is 1. The van der Waals surface area contributed by atoms with Crippen LogP contribution in [0.2, 0.25) is 0 Å². The number of benzene rings is 1. The zero-order valence-electron chi connectivity index (χ0n) is 16.3. The van der Waals surface area contributed by atoms with Gasteiger partial charge in [-0.3, -0.25) is 14.6 Å². The molecule has 2 atom stereocenters. The lowest BCUT2D eigenvalue weighted by molar-refractivity contribution is -0.127. The molecule has 2 unspecified atom stereocenters. The summed E-state index contributed by atoms with van der Waals surface area (Å²) in [6.07, 6.45) is 7.04. The van der Waals surface area contributed by atoms with Gasteiger partial charge in [0.25, 0.3) is 0 Å². The lowest BCUT2D eigenvalue weighted by Gasteiger charge is -2.36. The van der Waals surface area contributed by atoms with E-state index in [9.17, 15) is 4.79 Å². The van der Waals surface area contributed by atoms with E-state index in [-0.39, 0.29) is 11.9 Å².